The van der Waals surface area contributed by atoms with Crippen LogP contribution in [0.4, 0.5) is 6.01 Å². The fourth-order valence-electron chi connectivity index (χ4n) is 1.66. The summed E-state index contributed by atoms with van der Waals surface area (Å²) in [5.74, 6) is 0.626. The zero-order valence-electron chi connectivity index (χ0n) is 11.6. The van der Waals surface area contributed by atoms with Gasteiger partial charge in [0.2, 0.25) is 5.82 Å². The first-order chi connectivity index (χ1) is 10.1. The van der Waals surface area contributed by atoms with Crippen LogP contribution in [0.5, 0.6) is 11.5 Å². The van der Waals surface area contributed by atoms with E-state index in [2.05, 4.69) is 15.5 Å². The van der Waals surface area contributed by atoms with Gasteiger partial charge in [-0.2, -0.15) is 4.98 Å². The van der Waals surface area contributed by atoms with Gasteiger partial charge in [-0.25, -0.2) is 0 Å². The number of carbonyl (C=O) groups is 1. The first kappa shape index (κ1) is 14.6. The van der Waals surface area contributed by atoms with Crippen LogP contribution in [0, 0.1) is 0 Å². The van der Waals surface area contributed by atoms with Crippen molar-refractivity contribution in [1.29, 1.82) is 0 Å². The molecule has 0 amide bonds. The van der Waals surface area contributed by atoms with Gasteiger partial charge in [0.25, 0.3) is 0 Å². The zero-order valence-corrected chi connectivity index (χ0v) is 11.6. The first-order valence-electron chi connectivity index (χ1n) is 6.16. The highest BCUT2D eigenvalue weighted by atomic mass is 16.5. The summed E-state index contributed by atoms with van der Waals surface area (Å²) in [5.41, 5.74) is 0.697. The van der Waals surface area contributed by atoms with E-state index in [1.165, 1.54) is 7.11 Å². The van der Waals surface area contributed by atoms with Crippen molar-refractivity contribution in [2.24, 2.45) is 0 Å². The molecule has 2 N–H and O–H groups in total. The van der Waals surface area contributed by atoms with Crippen LogP contribution in [0.25, 0.3) is 11.4 Å². The standard InChI is InChI=1S/C13H15N3O5/c1-19-9-4-3-8(7-10(9)20-2)12-15-13(21-16-12)14-6-5-11(17)18/h3-4,7H,5-6H2,1-2H3,(H,17,18)(H,14,15,16). The van der Waals surface area contributed by atoms with Gasteiger partial charge in [-0.3, -0.25) is 4.79 Å². The van der Waals surface area contributed by atoms with Gasteiger partial charge in [0, 0.05) is 12.1 Å². The van der Waals surface area contributed by atoms with Crippen molar-refractivity contribution in [3.63, 3.8) is 0 Å². The van der Waals surface area contributed by atoms with Crippen LogP contribution in [0.15, 0.2) is 22.7 Å². The van der Waals surface area contributed by atoms with Crippen LogP contribution in [-0.4, -0.2) is 42.0 Å². The van der Waals surface area contributed by atoms with Crippen molar-refractivity contribution in [2.75, 3.05) is 26.1 Å². The minimum absolute atomic E-state index is 0.0337. The zero-order chi connectivity index (χ0) is 15.2. The lowest BCUT2D eigenvalue weighted by Gasteiger charge is -2.07. The lowest BCUT2D eigenvalue weighted by molar-refractivity contribution is -0.136. The highest BCUT2D eigenvalue weighted by Crippen LogP contribution is 2.31. The lowest BCUT2D eigenvalue weighted by Crippen LogP contribution is -2.07. The summed E-state index contributed by atoms with van der Waals surface area (Å²) >= 11 is 0. The molecule has 8 heteroatoms. The largest absolute Gasteiger partial charge is 0.493 e. The first-order valence-corrected chi connectivity index (χ1v) is 6.16. The van der Waals surface area contributed by atoms with Crippen molar-refractivity contribution < 1.29 is 23.9 Å². The summed E-state index contributed by atoms with van der Waals surface area (Å²) in [7, 11) is 3.09. The number of methoxy groups -OCH3 is 2. The van der Waals surface area contributed by atoms with Gasteiger partial charge in [-0.1, -0.05) is 5.16 Å². The molecule has 0 aliphatic heterocycles. The lowest BCUT2D eigenvalue weighted by atomic mass is 10.2. The fraction of sp³-hybridized carbons (Fsp3) is 0.308. The number of ether oxygens (including phenoxy) is 2. The number of rotatable bonds is 7. The van der Waals surface area contributed by atoms with E-state index in [4.69, 9.17) is 19.1 Å². The molecule has 0 fully saturated rings. The average Bonchev–Trinajstić information content (AvgIpc) is 2.95. The monoisotopic (exact) mass is 293 g/mol. The van der Waals surface area contributed by atoms with E-state index in [0.717, 1.165) is 0 Å². The molecule has 0 spiro atoms. The summed E-state index contributed by atoms with van der Waals surface area (Å²) in [6.45, 7) is 0.211. The molecule has 1 aromatic heterocycles. The normalized spacial score (nSPS) is 10.2. The Balaban J connectivity index is 2.12. The predicted octanol–water partition coefficient (Wildman–Crippen LogP) is 1.64. The average molecular weight is 293 g/mol. The van der Waals surface area contributed by atoms with Gasteiger partial charge in [0.1, 0.15) is 0 Å². The molecule has 0 bridgehead atoms. The third-order valence-corrected chi connectivity index (χ3v) is 2.68. The third kappa shape index (κ3) is 3.62. The quantitative estimate of drug-likeness (QED) is 0.793. The molecular weight excluding hydrogens is 278 g/mol. The van der Waals surface area contributed by atoms with Crippen molar-refractivity contribution in [3.8, 4) is 22.9 Å². The third-order valence-electron chi connectivity index (χ3n) is 2.68. The van der Waals surface area contributed by atoms with E-state index in [-0.39, 0.29) is 19.0 Å². The summed E-state index contributed by atoms with van der Waals surface area (Å²) in [6, 6.07) is 5.40. The van der Waals surface area contributed by atoms with Crippen LogP contribution in [0.1, 0.15) is 6.42 Å². The van der Waals surface area contributed by atoms with Gasteiger partial charge in [-0.05, 0) is 18.2 Å². The minimum atomic E-state index is -0.901. The minimum Gasteiger partial charge on any atom is -0.493 e. The SMILES string of the molecule is COc1ccc(-c2noc(NCCC(=O)O)n2)cc1OC. The fourth-order valence-corrected chi connectivity index (χ4v) is 1.66. The Bertz CT molecular complexity index is 626. The van der Waals surface area contributed by atoms with Gasteiger partial charge < -0.3 is 24.4 Å². The van der Waals surface area contributed by atoms with E-state index in [1.54, 1.807) is 25.3 Å². The number of hydrogen-bond donors (Lipinski definition) is 2. The Morgan fingerprint density at radius 2 is 2.10 bits per heavy atom. The van der Waals surface area contributed by atoms with E-state index in [9.17, 15) is 4.79 Å². The van der Waals surface area contributed by atoms with Gasteiger partial charge >= 0.3 is 12.0 Å². The van der Waals surface area contributed by atoms with Crippen LogP contribution in [0.3, 0.4) is 0 Å². The Hall–Kier alpha value is -2.77. The Labute approximate surface area is 120 Å². The number of hydrogen-bond acceptors (Lipinski definition) is 7. The molecule has 0 aliphatic rings. The number of aliphatic carboxylic acids is 1. The van der Waals surface area contributed by atoms with Crippen molar-refractivity contribution in [3.05, 3.63) is 18.2 Å². The maximum Gasteiger partial charge on any atom is 0.321 e. The van der Waals surface area contributed by atoms with Crippen molar-refractivity contribution in [1.82, 2.24) is 10.1 Å². The molecule has 8 nitrogen and oxygen atoms in total. The van der Waals surface area contributed by atoms with Crippen LogP contribution >= 0.6 is 0 Å². The highest BCUT2D eigenvalue weighted by molar-refractivity contribution is 5.67. The summed E-state index contributed by atoms with van der Waals surface area (Å²) in [5, 5.41) is 15.1. The molecular formula is C13H15N3O5. The molecule has 0 saturated heterocycles. The Kier molecular flexibility index (Phi) is 4.60. The molecule has 112 valence electrons. The highest BCUT2D eigenvalue weighted by Gasteiger charge is 2.12. The van der Waals surface area contributed by atoms with Gasteiger partial charge in [0.05, 0.1) is 20.6 Å². The maximum absolute atomic E-state index is 10.4. The van der Waals surface area contributed by atoms with E-state index < -0.39 is 5.97 Å². The summed E-state index contributed by atoms with van der Waals surface area (Å²) in [6.07, 6.45) is -0.0337. The van der Waals surface area contributed by atoms with E-state index >= 15 is 0 Å². The number of carboxylic acids is 1. The van der Waals surface area contributed by atoms with Crippen molar-refractivity contribution >= 4 is 12.0 Å². The van der Waals surface area contributed by atoms with Crippen molar-refractivity contribution in [2.45, 2.75) is 6.42 Å². The molecule has 0 atom stereocenters. The molecule has 0 radical (unpaired) electrons. The molecule has 21 heavy (non-hydrogen) atoms. The predicted molar refractivity (Wildman–Crippen MR) is 73.6 cm³/mol. The number of nitrogens with zero attached hydrogens (tertiary/aromatic N) is 2. The summed E-state index contributed by atoms with van der Waals surface area (Å²) < 4.78 is 15.3. The molecule has 1 aromatic carbocycles. The molecule has 1 heterocycles. The number of anilines is 1. The molecule has 2 rings (SSSR count). The Morgan fingerprint density at radius 1 is 1.33 bits per heavy atom. The molecule has 2 aromatic rings. The number of nitrogens with one attached hydrogen (secondary N) is 1. The topological polar surface area (TPSA) is 107 Å². The van der Waals surface area contributed by atoms with E-state index in [0.29, 0.717) is 22.9 Å². The van der Waals surface area contributed by atoms with Crippen LogP contribution in [-0.2, 0) is 4.79 Å². The second-order valence-electron chi connectivity index (χ2n) is 4.06. The second kappa shape index (κ2) is 6.60. The summed E-state index contributed by atoms with van der Waals surface area (Å²) in [4.78, 5) is 14.5. The van der Waals surface area contributed by atoms with Crippen LogP contribution < -0.4 is 14.8 Å². The van der Waals surface area contributed by atoms with Gasteiger partial charge in [-0.15, -0.1) is 0 Å². The molecule has 0 saturated carbocycles. The van der Waals surface area contributed by atoms with Crippen LogP contribution in [0.2, 0.25) is 0 Å². The van der Waals surface area contributed by atoms with Gasteiger partial charge in [0.15, 0.2) is 11.5 Å². The van der Waals surface area contributed by atoms with E-state index in [1.807, 2.05) is 0 Å². The maximum atomic E-state index is 10.4. The number of carboxylic acid groups (broad SMARTS) is 1. The molecule has 0 aliphatic carbocycles. The number of benzene rings is 1. The second-order valence-corrected chi connectivity index (χ2v) is 4.06. The number of aromatic nitrogens is 2. The smallest absolute Gasteiger partial charge is 0.321 e. The molecule has 0 unspecified atom stereocenters. The Morgan fingerprint density at radius 3 is 2.76 bits per heavy atom.